The molecule has 135 heavy (non-hydrogen) atoms. The summed E-state index contributed by atoms with van der Waals surface area (Å²) >= 11 is 7.28. The zero-order valence-corrected chi connectivity index (χ0v) is 77.8. The van der Waals surface area contributed by atoms with Crippen molar-refractivity contribution in [2.24, 2.45) is 5.92 Å². The minimum Gasteiger partial charge on any atom is -0.463 e. The summed E-state index contributed by atoms with van der Waals surface area (Å²) in [5.41, 5.74) is 12.9. The molecule has 6 aromatic carbocycles. The highest BCUT2D eigenvalue weighted by molar-refractivity contribution is 6.36. The van der Waals surface area contributed by atoms with E-state index in [1.807, 2.05) is 24.1 Å². The standard InChI is InChI=1S/C102H114ClF4N21O7/c1-65-13-6-15-68-16-9-20-87(94(65)68)120-38-29-80-84(58-120)112-102(116-98(80)124-42-45-127(74(55-124)27-36-109)92(130)22-11-33-105)135-64-77-51-78(57-118(77)4)132-62-70-24-25-88(95-66(2)14-7-18-79(70)95)121-39-30-81-85(59-121)111-100(114-97(81)123-41-44-126(73(54-123)26-35-108)91(129)21-10-32-104)133-61-67-47-89(119(5)52-67)71-48-69-17-8-19-83(103)96(69)90(49-71)122-40-31-82-86(60-122)113-101(134-63-76-50-72(107)53-117(76)3)115-99(82)125-43-46-128(75(56-125)28-37-110)93(131)23-12-34-106/h6-25,48-49,67,72-78,89H,26-34,38-47,50-64H2,1-5H3/b21-10+,22-11+,23-12+/t67-,72-,73+,74+,75+,76+,77+,78-,89?/m1/s1. The van der Waals surface area contributed by atoms with E-state index < -0.39 is 44.3 Å². The van der Waals surface area contributed by atoms with E-state index in [1.165, 1.54) is 47.4 Å². The molecule has 3 amide bonds. The zero-order chi connectivity index (χ0) is 93.7. The number of nitriles is 3. The van der Waals surface area contributed by atoms with Gasteiger partial charge in [-0.25, -0.2) is 17.6 Å². The normalized spacial score (nSPS) is 22.5. The van der Waals surface area contributed by atoms with Gasteiger partial charge in [0.1, 0.15) is 56.9 Å². The van der Waals surface area contributed by atoms with Gasteiger partial charge in [0.15, 0.2) is 0 Å². The van der Waals surface area contributed by atoms with Crippen LogP contribution in [0.15, 0.2) is 134 Å². The van der Waals surface area contributed by atoms with Gasteiger partial charge in [0.2, 0.25) is 17.7 Å². The van der Waals surface area contributed by atoms with Crippen LogP contribution in [-0.4, -0.2) is 279 Å². The first-order valence-electron chi connectivity index (χ1n) is 47.1. The Balaban J connectivity index is 0.578. The Kier molecular flexibility index (Phi) is 28.5. The number of benzene rings is 6. The van der Waals surface area contributed by atoms with Crippen LogP contribution >= 0.6 is 11.6 Å². The number of hydrogen-bond donors (Lipinski definition) is 0. The average molecular weight is 1860 g/mol. The Morgan fingerprint density at radius 3 is 1.42 bits per heavy atom. The van der Waals surface area contributed by atoms with Gasteiger partial charge in [0.25, 0.3) is 0 Å². The smallest absolute Gasteiger partial charge is 0.318 e. The molecule has 9 aliphatic heterocycles. The maximum atomic E-state index is 14.7. The summed E-state index contributed by atoms with van der Waals surface area (Å²) in [7, 11) is 6.11. The van der Waals surface area contributed by atoms with E-state index in [9.17, 15) is 47.7 Å². The van der Waals surface area contributed by atoms with E-state index in [0.717, 1.165) is 113 Å². The molecular weight excluding hydrogens is 1740 g/mol. The highest BCUT2D eigenvalue weighted by atomic mass is 35.5. The van der Waals surface area contributed by atoms with Gasteiger partial charge in [-0.2, -0.15) is 45.7 Å². The number of alkyl halides is 4. The molecule has 33 heteroatoms. The SMILES string of the molecule is Cc1cccc2cccc(N3CCc4c(nc(OC[C@@H]5C[C@@H](OCc6ccc(N7CCc8c(nc(OC[C@@H]9CC(c%10cc(N%11CCc%12c(nc(OC[C@@H]%13C[C@@H](F)CN%13C)nc%12N%12CCN(C(=O)/C=C/CF)[C@@H](CC#N)C%12)C%11)c%11c(Cl)cccc%11c%10)N(C)C9)nc8N8CCN(C(=O)/C=C/CF)[C@@H](CC#N)C8)C7)c7c(C)cccc67)CN5C)nc4N4CCN(C(=O)/C=C/CF)[C@@H](CC#N)C4)C3)c12. The van der Waals surface area contributed by atoms with Crippen LogP contribution in [0.2, 0.25) is 5.02 Å². The third-order valence-corrected chi connectivity index (χ3v) is 29.0. The minimum atomic E-state index is -0.978. The van der Waals surface area contributed by atoms with E-state index in [-0.39, 0.29) is 105 Å². The first-order valence-corrected chi connectivity index (χ1v) is 47.5. The van der Waals surface area contributed by atoms with Gasteiger partial charge >= 0.3 is 18.0 Å². The summed E-state index contributed by atoms with van der Waals surface area (Å²) in [6.07, 6.45) is 9.97. The number of nitrogens with zero attached hydrogens (tertiary/aromatic N) is 21. The molecule has 12 heterocycles. The molecule has 0 saturated carbocycles. The van der Waals surface area contributed by atoms with Crippen LogP contribution in [0.1, 0.15) is 101 Å². The van der Waals surface area contributed by atoms with Crippen molar-refractivity contribution in [1.29, 1.82) is 15.8 Å². The molecule has 3 aromatic heterocycles. The molecule has 9 aliphatic rings. The van der Waals surface area contributed by atoms with Crippen molar-refractivity contribution in [2.45, 2.75) is 146 Å². The van der Waals surface area contributed by atoms with Crippen LogP contribution in [0.25, 0.3) is 32.3 Å². The Hall–Kier alpha value is -12.5. The van der Waals surface area contributed by atoms with E-state index in [0.29, 0.717) is 167 Å². The molecule has 0 bridgehead atoms. The number of aromatic nitrogens is 6. The quantitative estimate of drug-likeness (QED) is 0.0325. The van der Waals surface area contributed by atoms with Crippen LogP contribution in [0, 0.1) is 53.8 Å². The fraction of sp³-hybridized carbons (Fsp3) is 0.471. The summed E-state index contributed by atoms with van der Waals surface area (Å²) in [4.78, 5) is 96.5. The lowest BCUT2D eigenvalue weighted by molar-refractivity contribution is -0.129. The van der Waals surface area contributed by atoms with Gasteiger partial charge in [0.05, 0.1) is 117 Å². The second-order valence-electron chi connectivity index (χ2n) is 37.2. The largest absolute Gasteiger partial charge is 0.463 e. The molecule has 704 valence electrons. The van der Waals surface area contributed by atoms with Crippen LogP contribution in [-0.2, 0) is 64.6 Å². The lowest BCUT2D eigenvalue weighted by atomic mass is 9.95. The monoisotopic (exact) mass is 1860 g/mol. The Morgan fingerprint density at radius 1 is 0.459 bits per heavy atom. The van der Waals surface area contributed by atoms with E-state index in [4.69, 9.17) is 60.5 Å². The number of aryl methyl sites for hydroxylation is 2. The van der Waals surface area contributed by atoms with Gasteiger partial charge in [-0.3, -0.25) is 29.1 Å². The Morgan fingerprint density at radius 2 is 0.919 bits per heavy atom. The third kappa shape index (κ3) is 19.9. The van der Waals surface area contributed by atoms with E-state index in [2.05, 4.69) is 170 Å². The van der Waals surface area contributed by atoms with Crippen molar-refractivity contribution in [3.8, 4) is 36.2 Å². The van der Waals surface area contributed by atoms with Crippen molar-refractivity contribution in [1.82, 2.24) is 59.3 Å². The van der Waals surface area contributed by atoms with Crippen LogP contribution in [0.5, 0.6) is 18.0 Å². The van der Waals surface area contributed by atoms with Gasteiger partial charge in [-0.1, -0.05) is 78.3 Å². The topological polar surface area (TPSA) is 276 Å². The number of likely N-dealkylation sites (N-methyl/N-ethyl adjacent to an activating group) is 2. The molecule has 18 rings (SSSR count). The predicted octanol–water partition coefficient (Wildman–Crippen LogP) is 13.0. The lowest BCUT2D eigenvalue weighted by Gasteiger charge is -2.42. The number of amides is 3. The molecule has 0 radical (unpaired) electrons. The number of piperazine rings is 3. The predicted molar refractivity (Wildman–Crippen MR) is 511 cm³/mol. The number of allylic oxidation sites excluding steroid dienone is 3. The fourth-order valence-corrected chi connectivity index (χ4v) is 22.1. The number of likely N-dealkylation sites (tertiary alicyclic amines) is 3. The summed E-state index contributed by atoms with van der Waals surface area (Å²) in [5.74, 6) is 1.10. The minimum absolute atomic E-state index is 0.0305. The number of hydrogen-bond acceptors (Lipinski definition) is 25. The summed E-state index contributed by atoms with van der Waals surface area (Å²) in [5, 5.41) is 37.3. The second-order valence-corrected chi connectivity index (χ2v) is 37.6. The molecule has 6 fully saturated rings. The van der Waals surface area contributed by atoms with Gasteiger partial charge in [0, 0.05) is 190 Å². The maximum Gasteiger partial charge on any atom is 0.318 e. The van der Waals surface area contributed by atoms with Crippen molar-refractivity contribution >= 4 is 96.2 Å². The number of carbonyl (C=O) groups excluding carboxylic acids is 3. The average Bonchev–Trinajstić information content (AvgIpc) is 1.65. The molecule has 9 atom stereocenters. The highest BCUT2D eigenvalue weighted by Gasteiger charge is 2.42. The second kappa shape index (κ2) is 41.4. The lowest BCUT2D eigenvalue weighted by Crippen LogP contribution is -2.55. The van der Waals surface area contributed by atoms with Crippen LogP contribution in [0.3, 0.4) is 0 Å². The van der Waals surface area contributed by atoms with Crippen molar-refractivity contribution < 1.29 is 50.9 Å². The number of rotatable bonds is 28. The van der Waals surface area contributed by atoms with E-state index >= 15 is 0 Å². The number of ether oxygens (including phenoxy) is 4. The molecule has 0 aliphatic carbocycles. The fourth-order valence-electron chi connectivity index (χ4n) is 21.9. The number of halogens is 5. The van der Waals surface area contributed by atoms with Gasteiger partial charge in [-0.05, 0) is 160 Å². The van der Waals surface area contributed by atoms with Crippen LogP contribution in [0.4, 0.5) is 52.1 Å². The first kappa shape index (κ1) is 92.9. The maximum absolute atomic E-state index is 14.7. The van der Waals surface area contributed by atoms with Crippen molar-refractivity contribution in [3.05, 3.63) is 195 Å². The summed E-state index contributed by atoms with van der Waals surface area (Å²) in [6.45, 7) is 11.2. The Bertz CT molecular complexity index is 6170. The molecule has 1 unspecified atom stereocenters. The number of carbonyl (C=O) groups is 3. The van der Waals surface area contributed by atoms with Crippen molar-refractivity contribution in [2.75, 3.05) is 189 Å². The number of anilines is 6. The molecule has 6 saturated heterocycles. The summed E-state index contributed by atoms with van der Waals surface area (Å²) < 4.78 is 81.8. The third-order valence-electron chi connectivity index (χ3n) is 28.7. The molecule has 0 N–H and O–H groups in total. The first-order chi connectivity index (χ1) is 65.7. The van der Waals surface area contributed by atoms with Crippen molar-refractivity contribution in [3.63, 3.8) is 0 Å². The molecule has 9 aromatic rings. The van der Waals surface area contributed by atoms with Gasteiger partial charge in [-0.15, -0.1) is 0 Å². The zero-order valence-electron chi connectivity index (χ0n) is 77.1. The summed E-state index contributed by atoms with van der Waals surface area (Å²) in [6, 6.07) is 39.8. The Labute approximate surface area is 789 Å². The number of fused-ring (bicyclic) bond motifs is 6. The molecule has 0 spiro atoms. The highest BCUT2D eigenvalue weighted by Crippen LogP contribution is 2.46. The molecule has 28 nitrogen and oxygen atoms in total. The van der Waals surface area contributed by atoms with E-state index in [1.54, 1.807) is 14.7 Å². The van der Waals surface area contributed by atoms with Gasteiger partial charge < -0.3 is 63.0 Å². The van der Waals surface area contributed by atoms with Crippen LogP contribution < -0.4 is 43.6 Å². The molecular formula is C102H114ClF4N21O7.